The van der Waals surface area contributed by atoms with Gasteiger partial charge < -0.3 is 5.32 Å². The van der Waals surface area contributed by atoms with Crippen LogP contribution in [0.4, 0.5) is 5.82 Å². The van der Waals surface area contributed by atoms with Crippen LogP contribution < -0.4 is 5.32 Å². The number of nitrogens with zero attached hydrogens (tertiary/aromatic N) is 2. The zero-order chi connectivity index (χ0) is 22.4. The van der Waals surface area contributed by atoms with Gasteiger partial charge in [-0.15, -0.1) is 0 Å². The number of hydrogen-bond donors (Lipinski definition) is 1. The summed E-state index contributed by atoms with van der Waals surface area (Å²) in [6.07, 6.45) is 14.7. The molecule has 0 bridgehead atoms. The molecule has 4 heteroatoms. The highest BCUT2D eigenvalue weighted by molar-refractivity contribution is 5.95. The molecule has 0 aliphatic heterocycles. The van der Waals surface area contributed by atoms with E-state index in [1.807, 2.05) is 18.5 Å². The van der Waals surface area contributed by atoms with Crippen LogP contribution in [-0.4, -0.2) is 15.9 Å². The molecule has 1 aliphatic carbocycles. The van der Waals surface area contributed by atoms with E-state index in [9.17, 15) is 4.79 Å². The van der Waals surface area contributed by atoms with E-state index < -0.39 is 0 Å². The summed E-state index contributed by atoms with van der Waals surface area (Å²) in [7, 11) is 0. The zero-order valence-electron chi connectivity index (χ0n) is 19.6. The number of anilines is 1. The first-order chi connectivity index (χ1) is 15.0. The third kappa shape index (κ3) is 5.90. The van der Waals surface area contributed by atoms with Crippen molar-refractivity contribution in [2.45, 2.75) is 73.1 Å². The number of nitrogens with one attached hydrogen (secondary N) is 1. The molecule has 0 atom stereocenters. The summed E-state index contributed by atoms with van der Waals surface area (Å²) < 4.78 is 0. The first kappa shape index (κ1) is 22.9. The van der Waals surface area contributed by atoms with Gasteiger partial charge in [-0.2, -0.15) is 0 Å². The average molecular weight is 418 g/mol. The Labute approximate surface area is 186 Å². The van der Waals surface area contributed by atoms with Crippen molar-refractivity contribution in [1.29, 1.82) is 0 Å². The number of pyridine rings is 2. The highest BCUT2D eigenvalue weighted by atomic mass is 16.2. The lowest BCUT2D eigenvalue weighted by Crippen LogP contribution is -2.14. The van der Waals surface area contributed by atoms with Crippen molar-refractivity contribution < 1.29 is 4.79 Å². The highest BCUT2D eigenvalue weighted by Gasteiger charge is 2.29. The van der Waals surface area contributed by atoms with Gasteiger partial charge in [0, 0.05) is 29.1 Å². The molecule has 3 rings (SSSR count). The Morgan fingerprint density at radius 2 is 1.84 bits per heavy atom. The molecule has 4 nitrogen and oxygen atoms in total. The molecule has 164 valence electrons. The van der Waals surface area contributed by atoms with E-state index in [1.54, 1.807) is 0 Å². The van der Waals surface area contributed by atoms with Crippen molar-refractivity contribution in [2.75, 3.05) is 5.32 Å². The quantitative estimate of drug-likeness (QED) is 0.437. The normalized spacial score (nSPS) is 15.8. The molecule has 1 aliphatic rings. The fourth-order valence-corrected chi connectivity index (χ4v) is 3.75. The van der Waals surface area contributed by atoms with Gasteiger partial charge >= 0.3 is 0 Å². The van der Waals surface area contributed by atoms with Crippen LogP contribution in [0.3, 0.4) is 0 Å². The monoisotopic (exact) mass is 417 g/mol. The van der Waals surface area contributed by atoms with E-state index >= 15 is 0 Å². The number of aromatic nitrogens is 2. The molecule has 2 aromatic rings. The number of rotatable bonds is 9. The Kier molecular flexibility index (Phi) is 7.78. The minimum atomic E-state index is 0.0719. The van der Waals surface area contributed by atoms with Gasteiger partial charge in [-0.05, 0) is 81.7 Å². The van der Waals surface area contributed by atoms with Gasteiger partial charge in [-0.25, -0.2) is 4.98 Å². The first-order valence-corrected chi connectivity index (χ1v) is 11.6. The topological polar surface area (TPSA) is 54.9 Å². The Balaban J connectivity index is 1.86. The number of allylic oxidation sites excluding steroid dienone is 6. The molecule has 0 aromatic carbocycles. The molecule has 1 fully saturated rings. The van der Waals surface area contributed by atoms with Gasteiger partial charge in [0.1, 0.15) is 5.82 Å². The summed E-state index contributed by atoms with van der Waals surface area (Å²) in [4.78, 5) is 21.2. The number of fused-ring (bicyclic) bond motifs is 1. The smallest absolute Gasteiger partial charge is 0.228 e. The van der Waals surface area contributed by atoms with Crippen LogP contribution in [-0.2, 0) is 4.79 Å². The molecule has 0 spiro atoms. The number of hydrogen-bond acceptors (Lipinski definition) is 3. The van der Waals surface area contributed by atoms with Gasteiger partial charge in [0.05, 0.1) is 5.69 Å². The molecule has 0 unspecified atom stereocenters. The van der Waals surface area contributed by atoms with Crippen LogP contribution in [0, 0.1) is 5.92 Å². The van der Waals surface area contributed by atoms with Crippen molar-refractivity contribution in [3.05, 3.63) is 59.1 Å². The predicted octanol–water partition coefficient (Wildman–Crippen LogP) is 7.24. The lowest BCUT2D eigenvalue weighted by atomic mass is 9.95. The highest BCUT2D eigenvalue weighted by Crippen LogP contribution is 2.31. The fourth-order valence-electron chi connectivity index (χ4n) is 3.75. The molecular formula is C27H35N3O. The van der Waals surface area contributed by atoms with Crippen molar-refractivity contribution >= 4 is 28.1 Å². The molecule has 31 heavy (non-hydrogen) atoms. The minimum Gasteiger partial charge on any atom is -0.310 e. The minimum absolute atomic E-state index is 0.0719. The SMILES string of the molecule is C\C=C(/C(C)=C\C(CCCC)=C(/C)CC)c1cc2cnc(NC(=O)C3CC3)cc2cn1. The Bertz CT molecular complexity index is 1040. The molecule has 0 radical (unpaired) electrons. The van der Waals surface area contributed by atoms with Gasteiger partial charge in [0.25, 0.3) is 0 Å². The van der Waals surface area contributed by atoms with Crippen LogP contribution in [0.5, 0.6) is 0 Å². The molecule has 1 saturated carbocycles. The number of amides is 1. The maximum Gasteiger partial charge on any atom is 0.228 e. The van der Waals surface area contributed by atoms with E-state index in [2.05, 4.69) is 63.1 Å². The van der Waals surface area contributed by atoms with Gasteiger partial charge in [-0.3, -0.25) is 9.78 Å². The third-order valence-corrected chi connectivity index (χ3v) is 6.06. The molecular weight excluding hydrogens is 382 g/mol. The van der Waals surface area contributed by atoms with Crippen LogP contribution in [0.25, 0.3) is 16.3 Å². The molecule has 0 saturated heterocycles. The van der Waals surface area contributed by atoms with E-state index in [0.29, 0.717) is 5.82 Å². The van der Waals surface area contributed by atoms with Gasteiger partial charge in [0.15, 0.2) is 0 Å². The Morgan fingerprint density at radius 1 is 1.13 bits per heavy atom. The summed E-state index contributed by atoms with van der Waals surface area (Å²) in [6.45, 7) is 10.9. The van der Waals surface area contributed by atoms with Crippen LogP contribution in [0.15, 0.2) is 53.4 Å². The number of carbonyl (C=O) groups excluding carboxylic acids is 1. The van der Waals surface area contributed by atoms with Gasteiger partial charge in [-0.1, -0.05) is 38.0 Å². The maximum atomic E-state index is 12.0. The van der Waals surface area contributed by atoms with Crippen molar-refractivity contribution in [3.63, 3.8) is 0 Å². The lowest BCUT2D eigenvalue weighted by molar-refractivity contribution is -0.117. The Hall–Kier alpha value is -2.75. The summed E-state index contributed by atoms with van der Waals surface area (Å²) in [5, 5.41) is 4.91. The summed E-state index contributed by atoms with van der Waals surface area (Å²) in [5.74, 6) is 0.836. The van der Waals surface area contributed by atoms with E-state index in [4.69, 9.17) is 4.98 Å². The van der Waals surface area contributed by atoms with E-state index in [1.165, 1.54) is 29.6 Å². The van der Waals surface area contributed by atoms with E-state index in [0.717, 1.165) is 47.7 Å². The van der Waals surface area contributed by atoms with Crippen molar-refractivity contribution in [3.8, 4) is 0 Å². The second kappa shape index (κ2) is 10.5. The Morgan fingerprint density at radius 3 is 2.48 bits per heavy atom. The fraction of sp³-hybridized carbons (Fsp3) is 0.444. The maximum absolute atomic E-state index is 12.0. The van der Waals surface area contributed by atoms with Crippen molar-refractivity contribution in [2.24, 2.45) is 5.92 Å². The molecule has 2 aromatic heterocycles. The average Bonchev–Trinajstić information content (AvgIpc) is 3.62. The number of carbonyl (C=O) groups is 1. The summed E-state index contributed by atoms with van der Waals surface area (Å²) in [6, 6.07) is 3.99. The number of unbranched alkanes of at least 4 members (excludes halogenated alkanes) is 1. The molecule has 1 amide bonds. The summed E-state index contributed by atoms with van der Waals surface area (Å²) in [5.41, 5.74) is 6.23. The van der Waals surface area contributed by atoms with Gasteiger partial charge in [0.2, 0.25) is 5.91 Å². The third-order valence-electron chi connectivity index (χ3n) is 6.06. The first-order valence-electron chi connectivity index (χ1n) is 11.6. The molecule has 2 heterocycles. The van der Waals surface area contributed by atoms with Crippen LogP contribution in [0.1, 0.15) is 78.8 Å². The second-order valence-electron chi connectivity index (χ2n) is 8.54. The van der Waals surface area contributed by atoms with E-state index in [-0.39, 0.29) is 11.8 Å². The largest absolute Gasteiger partial charge is 0.310 e. The molecule has 1 N–H and O–H groups in total. The standard InChI is InChI=1S/C27H35N3O/c1-6-9-10-21(18(4)7-2)13-19(5)24(8-3)25-14-22-17-29-26(15-23(22)16-28-25)30-27(31)20-11-12-20/h8,13-17,20H,6-7,9-12H2,1-5H3,(H,29,30,31)/b19-13-,21-18+,24-8+. The van der Waals surface area contributed by atoms with Crippen LogP contribution in [0.2, 0.25) is 0 Å². The van der Waals surface area contributed by atoms with Crippen molar-refractivity contribution in [1.82, 2.24) is 9.97 Å². The summed E-state index contributed by atoms with van der Waals surface area (Å²) >= 11 is 0. The van der Waals surface area contributed by atoms with Crippen LogP contribution >= 0.6 is 0 Å². The zero-order valence-corrected chi connectivity index (χ0v) is 19.6. The second-order valence-corrected chi connectivity index (χ2v) is 8.54. The lowest BCUT2D eigenvalue weighted by Gasteiger charge is -2.12. The predicted molar refractivity (Wildman–Crippen MR) is 131 cm³/mol.